The zero-order valence-electron chi connectivity index (χ0n) is 17.1. The van der Waals surface area contributed by atoms with Crippen molar-refractivity contribution < 1.29 is 0 Å². The first-order valence-corrected chi connectivity index (χ1v) is 11.7. The van der Waals surface area contributed by atoms with E-state index in [1.807, 2.05) is 0 Å². The summed E-state index contributed by atoms with van der Waals surface area (Å²) in [5.41, 5.74) is 10.5. The first-order chi connectivity index (χ1) is 15.4. The fourth-order valence-corrected chi connectivity index (χ4v) is 6.44. The summed E-state index contributed by atoms with van der Waals surface area (Å²) in [6, 6.07) is 42.5. The third-order valence-electron chi connectivity index (χ3n) is 5.52. The fourth-order valence-electron chi connectivity index (χ4n) is 4.21. The van der Waals surface area contributed by atoms with Gasteiger partial charge in [-0.1, -0.05) is 127 Å². The molecule has 0 bridgehead atoms. The number of benzene rings is 4. The molecule has 0 unspecified atom stereocenters. The molecule has 1 aromatic heterocycles. The van der Waals surface area contributed by atoms with E-state index < -0.39 is 7.53 Å². The number of hydrogen-bond donors (Lipinski definition) is 0. The van der Waals surface area contributed by atoms with E-state index in [1.54, 1.807) is 0 Å². The largest absolute Gasteiger partial charge is 0.111 e. The van der Waals surface area contributed by atoms with Crippen molar-refractivity contribution in [2.45, 2.75) is 0 Å². The third-order valence-corrected chi connectivity index (χ3v) is 7.64. The predicted octanol–water partition coefficient (Wildman–Crippen LogP) is 8.78. The van der Waals surface area contributed by atoms with Crippen LogP contribution in [0.25, 0.3) is 44.0 Å². The zero-order chi connectivity index (χ0) is 21.0. The van der Waals surface area contributed by atoms with Gasteiger partial charge < -0.3 is 0 Å². The number of terminal acetylenes is 1. The minimum atomic E-state index is -0.961. The summed E-state index contributed by atoms with van der Waals surface area (Å²) < 4.78 is 0. The van der Waals surface area contributed by atoms with Crippen LogP contribution in [-0.2, 0) is 0 Å². The Morgan fingerprint density at radius 2 is 0.710 bits per heavy atom. The lowest BCUT2D eigenvalue weighted by Crippen LogP contribution is -1.85. The molecule has 0 nitrogen and oxygen atoms in total. The van der Waals surface area contributed by atoms with Crippen LogP contribution in [0.4, 0.5) is 0 Å². The quantitative estimate of drug-likeness (QED) is 0.259. The monoisotopic (exact) mass is 412 g/mol. The summed E-state index contributed by atoms with van der Waals surface area (Å²) in [7, 11) is -0.961. The second-order valence-electron chi connectivity index (χ2n) is 7.38. The smallest absolute Gasteiger partial charge is 0.0221 e. The van der Waals surface area contributed by atoms with Gasteiger partial charge >= 0.3 is 0 Å². The SMILES string of the molecule is C#Cp1c(-c2ccccc2)c(-c2ccccc2)c(-c2ccccc2)c1-c1ccccc1. The summed E-state index contributed by atoms with van der Waals surface area (Å²) in [4.78, 5) is 0. The van der Waals surface area contributed by atoms with Crippen LogP contribution in [0.1, 0.15) is 0 Å². The molecule has 0 radical (unpaired) electrons. The second kappa shape index (κ2) is 8.53. The average molecular weight is 412 g/mol. The van der Waals surface area contributed by atoms with Crippen molar-refractivity contribution in [3.05, 3.63) is 121 Å². The minimum absolute atomic E-state index is 0.961. The Kier molecular flexibility index (Phi) is 5.28. The van der Waals surface area contributed by atoms with Gasteiger partial charge in [-0.2, -0.15) is 0 Å². The average Bonchev–Trinajstić information content (AvgIpc) is 3.21. The molecule has 0 saturated carbocycles. The molecule has 0 N–H and O–H groups in total. The lowest BCUT2D eigenvalue weighted by Gasteiger charge is -2.11. The number of rotatable bonds is 4. The molecule has 31 heavy (non-hydrogen) atoms. The maximum absolute atomic E-state index is 6.28. The van der Waals surface area contributed by atoms with E-state index in [4.69, 9.17) is 6.42 Å². The molecule has 5 aromatic rings. The summed E-state index contributed by atoms with van der Waals surface area (Å²) in [6.07, 6.45) is 6.28. The fraction of sp³-hybridized carbons (Fsp3) is 0. The highest BCUT2D eigenvalue weighted by Gasteiger charge is 2.26. The minimum Gasteiger partial charge on any atom is -0.111 e. The standard InChI is InChI=1S/C30H21P/c1-2-31-29(25-19-11-5-12-20-25)27(23-15-7-3-8-16-23)28(24-17-9-4-10-18-24)30(31)26-21-13-6-14-22-26/h1,3-22H. The Balaban J connectivity index is 1.99. The molecular formula is C30H21P. The highest BCUT2D eigenvalue weighted by Crippen LogP contribution is 2.61. The summed E-state index contributed by atoms with van der Waals surface area (Å²) in [6.45, 7) is 0. The highest BCUT2D eigenvalue weighted by atomic mass is 31.1. The van der Waals surface area contributed by atoms with E-state index in [1.165, 1.54) is 44.0 Å². The van der Waals surface area contributed by atoms with Crippen molar-refractivity contribution in [2.24, 2.45) is 0 Å². The van der Waals surface area contributed by atoms with Gasteiger partial charge in [-0.25, -0.2) is 0 Å². The van der Waals surface area contributed by atoms with Crippen molar-refractivity contribution in [1.82, 2.24) is 0 Å². The molecule has 4 aromatic carbocycles. The molecule has 0 fully saturated rings. The highest BCUT2D eigenvalue weighted by molar-refractivity contribution is 7.62. The van der Waals surface area contributed by atoms with Crippen LogP contribution in [-0.4, -0.2) is 0 Å². The van der Waals surface area contributed by atoms with Gasteiger partial charge in [0.2, 0.25) is 0 Å². The normalized spacial score (nSPS) is 10.5. The zero-order valence-corrected chi connectivity index (χ0v) is 18.0. The lowest BCUT2D eigenvalue weighted by molar-refractivity contribution is 1.61. The predicted molar refractivity (Wildman–Crippen MR) is 135 cm³/mol. The van der Waals surface area contributed by atoms with Gasteiger partial charge in [0.05, 0.1) is 0 Å². The Hall–Kier alpha value is -3.78. The van der Waals surface area contributed by atoms with E-state index >= 15 is 0 Å². The van der Waals surface area contributed by atoms with Crippen LogP contribution >= 0.6 is 7.53 Å². The van der Waals surface area contributed by atoms with Crippen molar-refractivity contribution in [1.29, 1.82) is 0 Å². The van der Waals surface area contributed by atoms with Crippen molar-refractivity contribution in [3.63, 3.8) is 0 Å². The maximum Gasteiger partial charge on any atom is 0.0221 e. The molecule has 1 heterocycles. The van der Waals surface area contributed by atoms with Crippen LogP contribution in [0.2, 0.25) is 0 Å². The Labute approximate surface area is 184 Å². The van der Waals surface area contributed by atoms with Crippen LogP contribution in [0.15, 0.2) is 121 Å². The van der Waals surface area contributed by atoms with Gasteiger partial charge in [-0.15, -0.1) is 6.42 Å². The molecule has 146 valence electrons. The van der Waals surface area contributed by atoms with E-state index in [-0.39, 0.29) is 0 Å². The molecule has 0 spiro atoms. The van der Waals surface area contributed by atoms with Crippen LogP contribution in [0.5, 0.6) is 0 Å². The van der Waals surface area contributed by atoms with Crippen molar-refractivity contribution >= 4 is 7.53 Å². The summed E-state index contributed by atoms with van der Waals surface area (Å²) >= 11 is 0. The topological polar surface area (TPSA) is 0 Å². The summed E-state index contributed by atoms with van der Waals surface area (Å²) in [5.74, 6) is 0. The molecular weight excluding hydrogens is 391 g/mol. The first kappa shape index (κ1) is 19.2. The lowest BCUT2D eigenvalue weighted by atomic mass is 9.91. The van der Waals surface area contributed by atoms with E-state index in [0.29, 0.717) is 0 Å². The van der Waals surface area contributed by atoms with Gasteiger partial charge in [-0.3, -0.25) is 0 Å². The van der Waals surface area contributed by atoms with Gasteiger partial charge in [0.25, 0.3) is 0 Å². The van der Waals surface area contributed by atoms with Gasteiger partial charge in [0, 0.05) is 21.7 Å². The molecule has 0 saturated heterocycles. The molecule has 0 aliphatic heterocycles. The Morgan fingerprint density at radius 1 is 0.419 bits per heavy atom. The van der Waals surface area contributed by atoms with E-state index in [9.17, 15) is 0 Å². The molecule has 1 heteroatoms. The maximum atomic E-state index is 6.28. The van der Waals surface area contributed by atoms with Gasteiger partial charge in [0.1, 0.15) is 0 Å². The van der Waals surface area contributed by atoms with Gasteiger partial charge in [0.15, 0.2) is 0 Å². The van der Waals surface area contributed by atoms with E-state index in [2.05, 4.69) is 127 Å². The Morgan fingerprint density at radius 3 is 1.00 bits per heavy atom. The first-order valence-electron chi connectivity index (χ1n) is 10.4. The van der Waals surface area contributed by atoms with Crippen molar-refractivity contribution in [2.75, 3.05) is 0 Å². The molecule has 0 aliphatic rings. The Bertz CT molecular complexity index is 1240. The van der Waals surface area contributed by atoms with Gasteiger partial charge in [-0.05, 0) is 29.8 Å². The molecule has 5 rings (SSSR count). The number of hydrogen-bond acceptors (Lipinski definition) is 0. The molecule has 0 aliphatic carbocycles. The van der Waals surface area contributed by atoms with Crippen LogP contribution < -0.4 is 0 Å². The van der Waals surface area contributed by atoms with Crippen molar-refractivity contribution in [3.8, 4) is 56.1 Å². The molecule has 0 amide bonds. The van der Waals surface area contributed by atoms with Crippen LogP contribution in [0, 0.1) is 12.1 Å². The third kappa shape index (κ3) is 3.51. The van der Waals surface area contributed by atoms with E-state index in [0.717, 1.165) is 0 Å². The summed E-state index contributed by atoms with van der Waals surface area (Å²) in [5, 5.41) is 2.53. The van der Waals surface area contributed by atoms with Crippen LogP contribution in [0.3, 0.4) is 0 Å². The molecule has 0 atom stereocenters. The second-order valence-corrected chi connectivity index (χ2v) is 9.20.